The molecule has 4 aromatic rings. The molecule has 1 aromatic carbocycles. The van der Waals surface area contributed by atoms with E-state index >= 15 is 0 Å². The van der Waals surface area contributed by atoms with Gasteiger partial charge in [0.25, 0.3) is 17.6 Å². The quantitative estimate of drug-likeness (QED) is 0.516. The standard InChI is InChI=1S/C20H16F2N6O2/c21-20(22)8-11-27(18(29)17-25-19-23-9-3-10-28(19)26-17)12-15(20)30-16-7-6-13-4-1-2-5-14(13)24-16/h1-7,9-10,15H,8,11-12H2/t15-/m0/s1. The van der Waals surface area contributed by atoms with Crippen LogP contribution in [0.25, 0.3) is 16.7 Å². The lowest BCUT2D eigenvalue weighted by atomic mass is 10.0. The number of likely N-dealkylation sites (tertiary alicyclic amines) is 1. The molecule has 0 spiro atoms. The lowest BCUT2D eigenvalue weighted by molar-refractivity contribution is -0.131. The van der Waals surface area contributed by atoms with Crippen molar-refractivity contribution < 1.29 is 18.3 Å². The second kappa shape index (κ2) is 6.97. The van der Waals surface area contributed by atoms with Crippen molar-refractivity contribution in [1.29, 1.82) is 0 Å². The number of rotatable bonds is 3. The minimum absolute atomic E-state index is 0.0859. The molecule has 5 rings (SSSR count). The fraction of sp³-hybridized carbons (Fsp3) is 0.250. The molecule has 1 atom stereocenters. The van der Waals surface area contributed by atoms with Crippen molar-refractivity contribution in [3.63, 3.8) is 0 Å². The first-order chi connectivity index (χ1) is 14.5. The van der Waals surface area contributed by atoms with Gasteiger partial charge in [-0.1, -0.05) is 18.2 Å². The normalized spacial score (nSPS) is 18.6. The molecule has 0 saturated carbocycles. The Labute approximate surface area is 169 Å². The molecule has 0 aliphatic carbocycles. The van der Waals surface area contributed by atoms with Crippen LogP contribution in [0.3, 0.4) is 0 Å². The average molecular weight is 410 g/mol. The smallest absolute Gasteiger partial charge is 0.293 e. The summed E-state index contributed by atoms with van der Waals surface area (Å²) in [5.41, 5.74) is 0.642. The Kier molecular flexibility index (Phi) is 4.27. The van der Waals surface area contributed by atoms with Crippen LogP contribution in [0.15, 0.2) is 54.9 Å². The highest BCUT2D eigenvalue weighted by Crippen LogP contribution is 2.32. The average Bonchev–Trinajstić information content (AvgIpc) is 3.19. The van der Waals surface area contributed by atoms with Crippen molar-refractivity contribution in [3.8, 4) is 5.88 Å². The van der Waals surface area contributed by atoms with Crippen LogP contribution in [0.2, 0.25) is 0 Å². The van der Waals surface area contributed by atoms with Gasteiger partial charge in [-0.25, -0.2) is 23.3 Å². The first-order valence-corrected chi connectivity index (χ1v) is 9.36. The number of hydrogen-bond acceptors (Lipinski definition) is 6. The number of ether oxygens (including phenoxy) is 1. The van der Waals surface area contributed by atoms with Gasteiger partial charge in [0.15, 0.2) is 6.10 Å². The number of carbonyl (C=O) groups is 1. The summed E-state index contributed by atoms with van der Waals surface area (Å²) in [6, 6.07) is 12.3. The van der Waals surface area contributed by atoms with Gasteiger partial charge in [0.05, 0.1) is 12.1 Å². The number of halogens is 2. The van der Waals surface area contributed by atoms with Crippen molar-refractivity contribution >= 4 is 22.6 Å². The molecule has 152 valence electrons. The fourth-order valence-electron chi connectivity index (χ4n) is 3.40. The molecule has 1 aliphatic rings. The maximum absolute atomic E-state index is 14.5. The maximum Gasteiger partial charge on any atom is 0.293 e. The lowest BCUT2D eigenvalue weighted by Gasteiger charge is -2.37. The summed E-state index contributed by atoms with van der Waals surface area (Å²) in [4.78, 5) is 26.5. The summed E-state index contributed by atoms with van der Waals surface area (Å²) in [6.07, 6.45) is 1.08. The van der Waals surface area contributed by atoms with Gasteiger partial charge in [-0.2, -0.15) is 4.98 Å². The van der Waals surface area contributed by atoms with Crippen molar-refractivity contribution in [2.45, 2.75) is 18.4 Å². The Morgan fingerprint density at radius 3 is 2.87 bits per heavy atom. The third-order valence-electron chi connectivity index (χ3n) is 5.00. The first-order valence-electron chi connectivity index (χ1n) is 9.36. The van der Waals surface area contributed by atoms with E-state index in [4.69, 9.17) is 4.74 Å². The fourth-order valence-corrected chi connectivity index (χ4v) is 3.40. The predicted octanol–water partition coefficient (Wildman–Crippen LogP) is 2.60. The molecule has 10 heteroatoms. The van der Waals surface area contributed by atoms with Crippen molar-refractivity contribution in [1.82, 2.24) is 29.5 Å². The van der Waals surface area contributed by atoms with Crippen LogP contribution in [0.4, 0.5) is 8.78 Å². The van der Waals surface area contributed by atoms with Crippen LogP contribution in [0.5, 0.6) is 5.88 Å². The summed E-state index contributed by atoms with van der Waals surface area (Å²) in [5, 5.41) is 4.96. The largest absolute Gasteiger partial charge is 0.466 e. The van der Waals surface area contributed by atoms with Gasteiger partial charge in [-0.05, 0) is 18.2 Å². The highest BCUT2D eigenvalue weighted by molar-refractivity contribution is 5.91. The minimum atomic E-state index is -3.10. The van der Waals surface area contributed by atoms with Crippen molar-refractivity contribution in [3.05, 3.63) is 60.7 Å². The van der Waals surface area contributed by atoms with Crippen LogP contribution < -0.4 is 4.74 Å². The molecule has 1 amide bonds. The third kappa shape index (κ3) is 3.30. The van der Waals surface area contributed by atoms with Gasteiger partial charge < -0.3 is 9.64 Å². The molecule has 1 saturated heterocycles. The number of aromatic nitrogens is 5. The Hall–Kier alpha value is -3.69. The van der Waals surface area contributed by atoms with Crippen LogP contribution in [-0.4, -0.2) is 60.5 Å². The molecule has 4 heterocycles. The predicted molar refractivity (Wildman–Crippen MR) is 102 cm³/mol. The van der Waals surface area contributed by atoms with E-state index in [0.717, 1.165) is 5.39 Å². The zero-order valence-electron chi connectivity index (χ0n) is 15.7. The number of nitrogens with zero attached hydrogens (tertiary/aromatic N) is 6. The topological polar surface area (TPSA) is 85.5 Å². The number of fused-ring (bicyclic) bond motifs is 2. The van der Waals surface area contributed by atoms with E-state index in [1.165, 1.54) is 15.6 Å². The Balaban J connectivity index is 1.38. The highest BCUT2D eigenvalue weighted by Gasteiger charge is 2.47. The summed E-state index contributed by atoms with van der Waals surface area (Å²) < 4.78 is 36.0. The molecule has 3 aromatic heterocycles. The van der Waals surface area contributed by atoms with E-state index in [1.807, 2.05) is 18.2 Å². The first kappa shape index (κ1) is 18.3. The summed E-state index contributed by atoms with van der Waals surface area (Å²) in [5.74, 6) is -3.39. The minimum Gasteiger partial charge on any atom is -0.466 e. The zero-order valence-corrected chi connectivity index (χ0v) is 15.7. The number of hydrogen-bond donors (Lipinski definition) is 0. The van der Waals surface area contributed by atoms with Crippen LogP contribution >= 0.6 is 0 Å². The van der Waals surface area contributed by atoms with E-state index in [9.17, 15) is 13.6 Å². The number of benzene rings is 1. The molecular formula is C20H16F2N6O2. The van der Waals surface area contributed by atoms with Gasteiger partial charge in [0.1, 0.15) is 0 Å². The Bertz CT molecular complexity index is 1210. The molecular weight excluding hydrogens is 394 g/mol. The second-order valence-electron chi connectivity index (χ2n) is 7.01. The number of alkyl halides is 2. The lowest BCUT2D eigenvalue weighted by Crippen LogP contribution is -2.55. The molecule has 1 fully saturated rings. The molecule has 1 aliphatic heterocycles. The van der Waals surface area contributed by atoms with Gasteiger partial charge in [-0.3, -0.25) is 4.79 Å². The van der Waals surface area contributed by atoms with Gasteiger partial charge in [-0.15, -0.1) is 5.10 Å². The molecule has 0 radical (unpaired) electrons. The molecule has 0 bridgehead atoms. The summed E-state index contributed by atoms with van der Waals surface area (Å²) >= 11 is 0. The van der Waals surface area contributed by atoms with Crippen molar-refractivity contribution in [2.75, 3.05) is 13.1 Å². The van der Waals surface area contributed by atoms with E-state index in [-0.39, 0.29) is 30.6 Å². The monoisotopic (exact) mass is 410 g/mol. The van der Waals surface area contributed by atoms with Crippen LogP contribution in [-0.2, 0) is 0 Å². The van der Waals surface area contributed by atoms with Crippen molar-refractivity contribution in [2.24, 2.45) is 0 Å². The number of amides is 1. The van der Waals surface area contributed by atoms with Crippen LogP contribution in [0, 0.1) is 0 Å². The molecule has 0 unspecified atom stereocenters. The molecule has 8 nitrogen and oxygen atoms in total. The molecule has 30 heavy (non-hydrogen) atoms. The number of pyridine rings is 1. The number of carbonyl (C=O) groups excluding carboxylic acids is 1. The Morgan fingerprint density at radius 2 is 2.00 bits per heavy atom. The summed E-state index contributed by atoms with van der Waals surface area (Å²) in [6.45, 7) is -0.427. The van der Waals surface area contributed by atoms with E-state index in [0.29, 0.717) is 5.52 Å². The van der Waals surface area contributed by atoms with E-state index in [1.54, 1.807) is 30.5 Å². The van der Waals surface area contributed by atoms with Gasteiger partial charge >= 0.3 is 0 Å². The van der Waals surface area contributed by atoms with Gasteiger partial charge in [0.2, 0.25) is 11.7 Å². The summed E-state index contributed by atoms with van der Waals surface area (Å²) in [7, 11) is 0. The number of piperidine rings is 1. The van der Waals surface area contributed by atoms with Gasteiger partial charge in [0, 0.05) is 36.8 Å². The second-order valence-corrected chi connectivity index (χ2v) is 7.01. The van der Waals surface area contributed by atoms with Crippen LogP contribution in [0.1, 0.15) is 17.0 Å². The molecule has 0 N–H and O–H groups in total. The number of para-hydroxylation sites is 1. The third-order valence-corrected chi connectivity index (χ3v) is 5.00. The van der Waals surface area contributed by atoms with E-state index < -0.39 is 24.4 Å². The SMILES string of the molecule is O=C(c1nc2ncccn2n1)N1CCC(F)(F)[C@@H](Oc2ccc3ccccc3n2)C1. The zero-order chi connectivity index (χ0) is 20.7. The van der Waals surface area contributed by atoms with E-state index in [2.05, 4.69) is 20.1 Å². The maximum atomic E-state index is 14.5. The highest BCUT2D eigenvalue weighted by atomic mass is 19.3. The Morgan fingerprint density at radius 1 is 1.13 bits per heavy atom.